The maximum Gasteiger partial charge on any atom is 0.204 e. The van der Waals surface area contributed by atoms with Gasteiger partial charge in [-0.15, -0.1) is 0 Å². The molecule has 0 aromatic carbocycles. The van der Waals surface area contributed by atoms with Gasteiger partial charge in [-0.2, -0.15) is 5.26 Å². The third-order valence-corrected chi connectivity index (χ3v) is 5.40. The second-order valence-electron chi connectivity index (χ2n) is 6.92. The molecule has 1 saturated heterocycles. The minimum Gasteiger partial charge on any atom is -0.444 e. The molecule has 2 aromatic heterocycles. The normalized spacial score (nSPS) is 25.3. The first-order valence-corrected chi connectivity index (χ1v) is 8.72. The van der Waals surface area contributed by atoms with Gasteiger partial charge in [0.05, 0.1) is 6.20 Å². The lowest BCUT2D eigenvalue weighted by Crippen LogP contribution is -2.61. The largest absolute Gasteiger partial charge is 0.444 e. The molecule has 126 valence electrons. The molecule has 6 heteroatoms. The smallest absolute Gasteiger partial charge is 0.204 e. The second-order valence-corrected chi connectivity index (χ2v) is 6.92. The van der Waals surface area contributed by atoms with Crippen molar-refractivity contribution in [1.29, 1.82) is 5.26 Å². The van der Waals surface area contributed by atoms with Crippen molar-refractivity contribution >= 4 is 16.8 Å². The van der Waals surface area contributed by atoms with E-state index >= 15 is 0 Å². The number of anilines is 1. The monoisotopic (exact) mass is 325 g/mol. The predicted molar refractivity (Wildman–Crippen MR) is 92.8 cm³/mol. The molecule has 6 nitrogen and oxygen atoms in total. The van der Waals surface area contributed by atoms with E-state index in [0.717, 1.165) is 17.2 Å². The molecule has 4 rings (SSSR count). The van der Waals surface area contributed by atoms with Crippen LogP contribution in [0.2, 0.25) is 0 Å². The van der Waals surface area contributed by atoms with E-state index in [2.05, 4.69) is 20.5 Å². The van der Waals surface area contributed by atoms with Gasteiger partial charge in [0.15, 0.2) is 5.58 Å². The summed E-state index contributed by atoms with van der Waals surface area (Å²) in [6, 6.07) is 7.68. The summed E-state index contributed by atoms with van der Waals surface area (Å²) in [7, 11) is 2.05. The van der Waals surface area contributed by atoms with Crippen molar-refractivity contribution in [2.75, 3.05) is 25.5 Å². The molecule has 24 heavy (non-hydrogen) atoms. The third-order valence-electron chi connectivity index (χ3n) is 5.40. The number of aromatic nitrogens is 1. The first kappa shape index (κ1) is 15.4. The molecular formula is C18H23N5O. The predicted octanol–water partition coefficient (Wildman–Crippen LogP) is 2.33. The molecule has 1 aliphatic carbocycles. The molecule has 1 saturated carbocycles. The van der Waals surface area contributed by atoms with Crippen LogP contribution in [0.3, 0.4) is 0 Å². The van der Waals surface area contributed by atoms with Gasteiger partial charge in [-0.25, -0.2) is 4.98 Å². The Hall–Kier alpha value is -2.10. The molecule has 0 spiro atoms. The zero-order valence-electron chi connectivity index (χ0n) is 14.0. The summed E-state index contributed by atoms with van der Waals surface area (Å²) in [6.07, 6.45) is 6.56. The topological polar surface area (TPSA) is 77.1 Å². The van der Waals surface area contributed by atoms with Crippen LogP contribution in [-0.4, -0.2) is 48.1 Å². The van der Waals surface area contributed by atoms with Gasteiger partial charge in [0.1, 0.15) is 11.9 Å². The number of nitrogens with zero attached hydrogens (tertiary/aromatic N) is 3. The van der Waals surface area contributed by atoms with E-state index in [1.807, 2.05) is 19.2 Å². The Labute approximate surface area is 141 Å². The van der Waals surface area contributed by atoms with Gasteiger partial charge in [-0.3, -0.25) is 4.90 Å². The molecule has 2 N–H and O–H groups in total. The number of hydrogen-bond acceptors (Lipinski definition) is 6. The Bertz CT molecular complexity index is 750. The van der Waals surface area contributed by atoms with Gasteiger partial charge in [-0.05, 0) is 38.8 Å². The van der Waals surface area contributed by atoms with Gasteiger partial charge in [0.2, 0.25) is 5.76 Å². The van der Waals surface area contributed by atoms with E-state index in [1.165, 1.54) is 38.8 Å². The molecule has 0 unspecified atom stereocenters. The zero-order chi connectivity index (χ0) is 16.5. The van der Waals surface area contributed by atoms with Crippen molar-refractivity contribution in [3.05, 3.63) is 24.1 Å². The van der Waals surface area contributed by atoms with E-state index in [4.69, 9.17) is 9.68 Å². The average molecular weight is 325 g/mol. The first-order chi connectivity index (χ1) is 11.7. The number of rotatable bonds is 4. The van der Waals surface area contributed by atoms with Crippen LogP contribution in [0.4, 0.5) is 5.82 Å². The van der Waals surface area contributed by atoms with Crippen molar-refractivity contribution in [1.82, 2.24) is 15.2 Å². The second kappa shape index (κ2) is 6.42. The Morgan fingerprint density at radius 1 is 1.21 bits per heavy atom. The number of hydrogen-bond donors (Lipinski definition) is 2. The van der Waals surface area contributed by atoms with Crippen LogP contribution in [0.15, 0.2) is 22.7 Å². The van der Waals surface area contributed by atoms with Gasteiger partial charge in [-0.1, -0.05) is 0 Å². The molecular weight excluding hydrogens is 302 g/mol. The molecule has 2 fully saturated rings. The third kappa shape index (κ3) is 2.97. The van der Waals surface area contributed by atoms with Crippen LogP contribution in [0.25, 0.3) is 11.0 Å². The van der Waals surface area contributed by atoms with Crippen molar-refractivity contribution in [3.63, 3.8) is 0 Å². The fourth-order valence-electron chi connectivity index (χ4n) is 3.87. The van der Waals surface area contributed by atoms with Gasteiger partial charge < -0.3 is 15.1 Å². The Morgan fingerprint density at radius 2 is 2.00 bits per heavy atom. The lowest BCUT2D eigenvalue weighted by molar-refractivity contribution is 0.0577. The number of likely N-dealkylation sites (tertiary alicyclic amines) is 1. The van der Waals surface area contributed by atoms with Crippen LogP contribution in [0.1, 0.15) is 31.4 Å². The summed E-state index contributed by atoms with van der Waals surface area (Å²) in [4.78, 5) is 7.03. The van der Waals surface area contributed by atoms with Crippen LogP contribution in [0, 0.1) is 11.3 Å². The molecule has 0 atom stereocenters. The fraction of sp³-hybridized carbons (Fsp3) is 0.556. The molecule has 3 heterocycles. The number of fused-ring (bicyclic) bond motifs is 1. The first-order valence-electron chi connectivity index (χ1n) is 8.72. The van der Waals surface area contributed by atoms with E-state index in [9.17, 15) is 0 Å². The number of furan rings is 1. The maximum absolute atomic E-state index is 8.91. The summed E-state index contributed by atoms with van der Waals surface area (Å²) in [5.41, 5.74) is 0.665. The number of pyridine rings is 1. The van der Waals surface area contributed by atoms with Crippen LogP contribution in [0.5, 0.6) is 0 Å². The lowest BCUT2D eigenvalue weighted by Gasteiger charge is -2.46. The summed E-state index contributed by atoms with van der Waals surface area (Å²) in [5, 5.41) is 16.7. The van der Waals surface area contributed by atoms with Crippen LogP contribution in [-0.2, 0) is 0 Å². The summed E-state index contributed by atoms with van der Waals surface area (Å²) in [5.74, 6) is 1.20. The Balaban J connectivity index is 1.33. The molecule has 0 bridgehead atoms. The lowest BCUT2D eigenvalue weighted by atomic mass is 9.88. The Morgan fingerprint density at radius 3 is 2.71 bits per heavy atom. The highest BCUT2D eigenvalue weighted by molar-refractivity contribution is 5.80. The number of nitrogens with one attached hydrogen (secondary N) is 2. The number of likely N-dealkylation sites (N-methyl/N-ethyl adjacent to an activating group) is 1. The fourth-order valence-corrected chi connectivity index (χ4v) is 3.87. The summed E-state index contributed by atoms with van der Waals surface area (Å²) in [6.45, 7) is 2.39. The van der Waals surface area contributed by atoms with Crippen molar-refractivity contribution in [2.24, 2.45) is 0 Å². The van der Waals surface area contributed by atoms with Crippen molar-refractivity contribution < 1.29 is 4.42 Å². The van der Waals surface area contributed by atoms with Crippen LogP contribution >= 0.6 is 0 Å². The van der Waals surface area contributed by atoms with E-state index in [0.29, 0.717) is 23.4 Å². The summed E-state index contributed by atoms with van der Waals surface area (Å²) < 4.78 is 5.38. The molecule has 2 aromatic rings. The molecule has 1 aliphatic heterocycles. The van der Waals surface area contributed by atoms with Gasteiger partial charge >= 0.3 is 0 Å². The Kier molecular flexibility index (Phi) is 4.13. The van der Waals surface area contributed by atoms with Gasteiger partial charge in [0, 0.05) is 42.7 Å². The van der Waals surface area contributed by atoms with Gasteiger partial charge in [0.25, 0.3) is 0 Å². The highest BCUT2D eigenvalue weighted by Gasteiger charge is 2.33. The molecule has 0 radical (unpaired) electrons. The van der Waals surface area contributed by atoms with E-state index in [1.54, 1.807) is 12.3 Å². The molecule has 0 amide bonds. The van der Waals surface area contributed by atoms with Crippen LogP contribution < -0.4 is 10.6 Å². The average Bonchev–Trinajstić information content (AvgIpc) is 2.98. The highest BCUT2D eigenvalue weighted by atomic mass is 16.3. The van der Waals surface area contributed by atoms with E-state index < -0.39 is 0 Å². The SMILES string of the molecule is CNC1CN(C2CCC(Nc3cc4cc(C#N)oc4cn3)CC2)C1. The maximum atomic E-state index is 8.91. The molecule has 2 aliphatic rings. The highest BCUT2D eigenvalue weighted by Crippen LogP contribution is 2.29. The standard InChI is InChI=1S/C18H23N5O/c1-20-14-10-23(11-14)15-4-2-13(3-5-15)22-18-7-12-6-16(8-19)24-17(12)9-21-18/h6-7,9,13-15,20H,2-5,10-11H2,1H3,(H,21,22). The van der Waals surface area contributed by atoms with Crippen molar-refractivity contribution in [3.8, 4) is 6.07 Å². The minimum atomic E-state index is 0.332. The number of nitriles is 1. The van der Waals surface area contributed by atoms with E-state index in [-0.39, 0.29) is 0 Å². The summed E-state index contributed by atoms with van der Waals surface area (Å²) >= 11 is 0. The minimum absolute atomic E-state index is 0.332. The quantitative estimate of drug-likeness (QED) is 0.898. The zero-order valence-corrected chi connectivity index (χ0v) is 14.0. The van der Waals surface area contributed by atoms with Crippen molar-refractivity contribution in [2.45, 2.75) is 43.8 Å².